The van der Waals surface area contributed by atoms with Crippen LogP contribution in [-0.2, 0) is 4.74 Å². The molecule has 0 unspecified atom stereocenters. The molecular weight excluding hydrogens is 308 g/mol. The SMILES string of the molecule is CC1(C)[C@@H](O)CC[C@]2(C)[C@H]3C[C@H]4OC[C@H]5CC[C@](C)([C@@H]54)[C@]3(C)CC[C@@H]12. The predicted octanol–water partition coefficient (Wildman–Crippen LogP) is 5.04. The molecule has 0 radical (unpaired) electrons. The Morgan fingerprint density at radius 2 is 1.56 bits per heavy atom. The molecule has 0 spiro atoms. The van der Waals surface area contributed by atoms with Crippen LogP contribution in [-0.4, -0.2) is 23.9 Å². The summed E-state index contributed by atoms with van der Waals surface area (Å²) < 4.78 is 6.40. The summed E-state index contributed by atoms with van der Waals surface area (Å²) in [4.78, 5) is 0. The Morgan fingerprint density at radius 3 is 2.32 bits per heavy atom. The first-order chi connectivity index (χ1) is 11.6. The molecule has 2 nitrogen and oxygen atoms in total. The second-order valence-electron chi connectivity index (χ2n) is 11.8. The van der Waals surface area contributed by atoms with E-state index in [2.05, 4.69) is 34.6 Å². The zero-order chi connectivity index (χ0) is 17.8. The summed E-state index contributed by atoms with van der Waals surface area (Å²) in [5.74, 6) is 3.06. The van der Waals surface area contributed by atoms with Crippen LogP contribution in [0.2, 0.25) is 0 Å². The third kappa shape index (κ3) is 1.80. The molecule has 5 aliphatic rings. The molecule has 5 fully saturated rings. The van der Waals surface area contributed by atoms with Gasteiger partial charge in [0.25, 0.3) is 0 Å². The van der Waals surface area contributed by atoms with Crippen LogP contribution in [0.1, 0.15) is 79.6 Å². The van der Waals surface area contributed by atoms with Gasteiger partial charge in [0.2, 0.25) is 0 Å². The second kappa shape index (κ2) is 4.85. The van der Waals surface area contributed by atoms with Crippen molar-refractivity contribution < 1.29 is 9.84 Å². The van der Waals surface area contributed by atoms with Crippen molar-refractivity contribution in [1.82, 2.24) is 0 Å². The van der Waals surface area contributed by atoms with E-state index in [-0.39, 0.29) is 11.5 Å². The van der Waals surface area contributed by atoms with Gasteiger partial charge in [0.05, 0.1) is 18.8 Å². The maximum absolute atomic E-state index is 10.7. The number of hydrogen-bond acceptors (Lipinski definition) is 2. The summed E-state index contributed by atoms with van der Waals surface area (Å²) in [6.45, 7) is 13.6. The molecule has 1 saturated heterocycles. The molecule has 142 valence electrons. The Balaban J connectivity index is 1.60. The fraction of sp³-hybridized carbons (Fsp3) is 1.00. The summed E-state index contributed by atoms with van der Waals surface area (Å²) in [6.07, 6.45) is 9.35. The van der Waals surface area contributed by atoms with Crippen molar-refractivity contribution in [2.45, 2.75) is 91.8 Å². The average molecular weight is 347 g/mol. The van der Waals surface area contributed by atoms with Gasteiger partial charge in [-0.05, 0) is 90.3 Å². The molecule has 4 aliphatic carbocycles. The highest BCUT2D eigenvalue weighted by Crippen LogP contribution is 2.76. The zero-order valence-corrected chi connectivity index (χ0v) is 17.0. The van der Waals surface area contributed by atoms with E-state index in [0.717, 1.165) is 30.8 Å². The van der Waals surface area contributed by atoms with E-state index in [0.29, 0.717) is 28.3 Å². The highest BCUT2D eigenvalue weighted by molar-refractivity contribution is 5.19. The fourth-order valence-corrected chi connectivity index (χ4v) is 9.47. The smallest absolute Gasteiger partial charge is 0.0615 e. The third-order valence-corrected chi connectivity index (χ3v) is 11.0. The lowest BCUT2D eigenvalue weighted by Gasteiger charge is -2.70. The van der Waals surface area contributed by atoms with Crippen molar-refractivity contribution in [3.8, 4) is 0 Å². The standard InChI is InChI=1S/C23H38O2/c1-20(2)16-7-11-22(4)17(21(16,3)9-8-18(20)24)12-15-19-14(13-25-15)6-10-23(19,22)5/h14-19,24H,6-13H2,1-5H3/t14-,15-,16+,17-,18+,19+,21+,22-,23-/m1/s1. The second-order valence-corrected chi connectivity index (χ2v) is 11.8. The van der Waals surface area contributed by atoms with Gasteiger partial charge < -0.3 is 9.84 Å². The van der Waals surface area contributed by atoms with Gasteiger partial charge in [-0.1, -0.05) is 34.6 Å². The molecule has 1 aliphatic heterocycles. The first kappa shape index (κ1) is 17.0. The quantitative estimate of drug-likeness (QED) is 0.666. The van der Waals surface area contributed by atoms with E-state index < -0.39 is 0 Å². The summed E-state index contributed by atoms with van der Waals surface area (Å²) >= 11 is 0. The number of aliphatic hydroxyl groups is 1. The van der Waals surface area contributed by atoms with Crippen LogP contribution in [0.4, 0.5) is 0 Å². The first-order valence-electron chi connectivity index (χ1n) is 10.9. The molecule has 25 heavy (non-hydrogen) atoms. The lowest BCUT2D eigenvalue weighted by atomic mass is 9.35. The van der Waals surface area contributed by atoms with E-state index in [4.69, 9.17) is 4.74 Å². The van der Waals surface area contributed by atoms with Crippen molar-refractivity contribution >= 4 is 0 Å². The highest BCUT2D eigenvalue weighted by Gasteiger charge is 2.71. The fourth-order valence-electron chi connectivity index (χ4n) is 9.47. The van der Waals surface area contributed by atoms with Crippen molar-refractivity contribution in [2.75, 3.05) is 6.61 Å². The maximum Gasteiger partial charge on any atom is 0.0615 e. The van der Waals surface area contributed by atoms with Crippen molar-refractivity contribution in [2.24, 2.45) is 45.3 Å². The normalized spacial score (nSPS) is 62.2. The maximum atomic E-state index is 10.7. The Morgan fingerprint density at radius 1 is 0.840 bits per heavy atom. The number of aliphatic hydroxyl groups excluding tert-OH is 1. The number of ether oxygens (including phenoxy) is 1. The van der Waals surface area contributed by atoms with Gasteiger partial charge in [-0.3, -0.25) is 0 Å². The molecule has 1 heterocycles. The Labute approximate surface area is 154 Å². The predicted molar refractivity (Wildman–Crippen MR) is 100 cm³/mol. The molecule has 9 atom stereocenters. The zero-order valence-electron chi connectivity index (χ0n) is 17.0. The Kier molecular flexibility index (Phi) is 3.30. The molecule has 0 aromatic rings. The summed E-state index contributed by atoms with van der Waals surface area (Å²) in [5.41, 5.74) is 1.35. The van der Waals surface area contributed by atoms with Gasteiger partial charge in [0.1, 0.15) is 0 Å². The van der Waals surface area contributed by atoms with Gasteiger partial charge in [-0.25, -0.2) is 0 Å². The van der Waals surface area contributed by atoms with Crippen LogP contribution >= 0.6 is 0 Å². The average Bonchev–Trinajstić information content (AvgIpc) is 3.11. The van der Waals surface area contributed by atoms with Crippen LogP contribution in [0.25, 0.3) is 0 Å². The van der Waals surface area contributed by atoms with Gasteiger partial charge in [-0.2, -0.15) is 0 Å². The molecule has 1 N–H and O–H groups in total. The molecule has 0 aromatic heterocycles. The third-order valence-electron chi connectivity index (χ3n) is 11.0. The van der Waals surface area contributed by atoms with E-state index in [1.165, 1.54) is 38.5 Å². The molecular formula is C23H38O2. The topological polar surface area (TPSA) is 29.5 Å². The largest absolute Gasteiger partial charge is 0.393 e. The summed E-state index contributed by atoms with van der Waals surface area (Å²) in [7, 11) is 0. The van der Waals surface area contributed by atoms with E-state index in [1.807, 2.05) is 0 Å². The van der Waals surface area contributed by atoms with Gasteiger partial charge in [0.15, 0.2) is 0 Å². The Hall–Kier alpha value is -0.0800. The lowest BCUT2D eigenvalue weighted by molar-refractivity contribution is -0.234. The minimum absolute atomic E-state index is 0.0564. The van der Waals surface area contributed by atoms with Crippen LogP contribution in [0.15, 0.2) is 0 Å². The van der Waals surface area contributed by atoms with Crippen molar-refractivity contribution in [3.05, 3.63) is 0 Å². The van der Waals surface area contributed by atoms with E-state index >= 15 is 0 Å². The monoisotopic (exact) mass is 346 g/mol. The van der Waals surface area contributed by atoms with Crippen molar-refractivity contribution in [3.63, 3.8) is 0 Å². The Bertz CT molecular complexity index is 585. The minimum atomic E-state index is -0.125. The van der Waals surface area contributed by atoms with Gasteiger partial charge in [-0.15, -0.1) is 0 Å². The molecule has 0 amide bonds. The number of hydrogen-bond donors (Lipinski definition) is 1. The van der Waals surface area contributed by atoms with Crippen LogP contribution < -0.4 is 0 Å². The molecule has 4 saturated carbocycles. The minimum Gasteiger partial charge on any atom is -0.393 e. The van der Waals surface area contributed by atoms with Gasteiger partial charge in [0, 0.05) is 0 Å². The van der Waals surface area contributed by atoms with E-state index in [9.17, 15) is 5.11 Å². The van der Waals surface area contributed by atoms with Gasteiger partial charge >= 0.3 is 0 Å². The van der Waals surface area contributed by atoms with Crippen LogP contribution in [0.5, 0.6) is 0 Å². The summed E-state index contributed by atoms with van der Waals surface area (Å²) in [6, 6.07) is 0. The number of rotatable bonds is 0. The van der Waals surface area contributed by atoms with Crippen LogP contribution in [0.3, 0.4) is 0 Å². The number of fused-ring (bicyclic) bond motifs is 4. The first-order valence-corrected chi connectivity index (χ1v) is 10.9. The molecule has 0 bridgehead atoms. The summed E-state index contributed by atoms with van der Waals surface area (Å²) in [5, 5.41) is 10.7. The lowest BCUT2D eigenvalue weighted by Crippen LogP contribution is -2.65. The molecule has 0 aromatic carbocycles. The molecule has 5 rings (SSSR count). The highest BCUT2D eigenvalue weighted by atomic mass is 16.5. The van der Waals surface area contributed by atoms with Crippen LogP contribution in [0, 0.1) is 45.3 Å². The molecule has 2 heteroatoms. The van der Waals surface area contributed by atoms with E-state index in [1.54, 1.807) is 0 Å². The van der Waals surface area contributed by atoms with Crippen molar-refractivity contribution in [1.29, 1.82) is 0 Å².